The Kier molecular flexibility index (Phi) is 3.19. The number of anilines is 1. The van der Waals surface area contributed by atoms with E-state index in [1.165, 1.54) is 16.7 Å². The molecule has 0 bridgehead atoms. The van der Waals surface area contributed by atoms with Crippen molar-refractivity contribution in [1.29, 1.82) is 0 Å². The Labute approximate surface area is 99.5 Å². The van der Waals surface area contributed by atoms with Crippen molar-refractivity contribution in [3.05, 3.63) is 29.3 Å². The van der Waals surface area contributed by atoms with Gasteiger partial charge in [0, 0.05) is 12.1 Å². The minimum atomic E-state index is 0.876. The second-order valence-corrected chi connectivity index (χ2v) is 4.67. The summed E-state index contributed by atoms with van der Waals surface area (Å²) in [5.74, 6) is 0. The summed E-state index contributed by atoms with van der Waals surface area (Å²) in [4.78, 5) is 0. The molecule has 1 aromatic carbocycles. The molecule has 0 fully saturated rings. The molecule has 1 N–H and O–H groups in total. The van der Waals surface area contributed by atoms with Crippen LogP contribution in [0.3, 0.4) is 0 Å². The van der Waals surface area contributed by atoms with E-state index in [1.54, 1.807) is 11.3 Å². The number of benzene rings is 1. The fourth-order valence-corrected chi connectivity index (χ4v) is 2.43. The van der Waals surface area contributed by atoms with Crippen molar-refractivity contribution in [2.45, 2.75) is 20.8 Å². The van der Waals surface area contributed by atoms with E-state index in [0.717, 1.165) is 16.7 Å². The third kappa shape index (κ3) is 2.07. The molecule has 3 nitrogen and oxygen atoms in total. The Bertz CT molecular complexity index is 491. The summed E-state index contributed by atoms with van der Waals surface area (Å²) >= 11 is 1.60. The normalized spacial score (nSPS) is 10.4. The molecule has 0 aliphatic rings. The van der Waals surface area contributed by atoms with Gasteiger partial charge in [-0.05, 0) is 31.9 Å². The van der Waals surface area contributed by atoms with Crippen molar-refractivity contribution in [2.24, 2.45) is 0 Å². The van der Waals surface area contributed by atoms with Gasteiger partial charge in [-0.2, -0.15) is 0 Å². The van der Waals surface area contributed by atoms with Crippen LogP contribution in [0.1, 0.15) is 18.1 Å². The maximum atomic E-state index is 4.21. The molecule has 0 aliphatic heterocycles. The van der Waals surface area contributed by atoms with Gasteiger partial charge in [-0.3, -0.25) is 0 Å². The van der Waals surface area contributed by atoms with Crippen LogP contribution in [-0.2, 0) is 0 Å². The largest absolute Gasteiger partial charge is 0.360 e. The van der Waals surface area contributed by atoms with Gasteiger partial charge < -0.3 is 5.32 Å². The second kappa shape index (κ2) is 4.61. The van der Waals surface area contributed by atoms with Crippen LogP contribution < -0.4 is 5.32 Å². The summed E-state index contributed by atoms with van der Waals surface area (Å²) in [6, 6.07) is 6.27. The maximum absolute atomic E-state index is 4.21. The summed E-state index contributed by atoms with van der Waals surface area (Å²) in [7, 11) is 0. The van der Waals surface area contributed by atoms with Crippen LogP contribution in [0.4, 0.5) is 5.13 Å². The first kappa shape index (κ1) is 11.1. The zero-order chi connectivity index (χ0) is 11.5. The lowest BCUT2D eigenvalue weighted by molar-refractivity contribution is 1.07. The zero-order valence-corrected chi connectivity index (χ0v) is 10.6. The topological polar surface area (TPSA) is 37.8 Å². The maximum Gasteiger partial charge on any atom is 0.205 e. The van der Waals surface area contributed by atoms with Crippen LogP contribution in [0, 0.1) is 13.8 Å². The Morgan fingerprint density at radius 2 is 2.06 bits per heavy atom. The molecule has 1 aromatic heterocycles. The molecule has 0 unspecified atom stereocenters. The number of nitrogens with zero attached hydrogens (tertiary/aromatic N) is 2. The van der Waals surface area contributed by atoms with Gasteiger partial charge >= 0.3 is 0 Å². The fourth-order valence-electron chi connectivity index (χ4n) is 1.54. The number of hydrogen-bond acceptors (Lipinski definition) is 4. The molecule has 0 spiro atoms. The predicted octanol–water partition coefficient (Wildman–Crippen LogP) is 3.25. The van der Waals surface area contributed by atoms with E-state index < -0.39 is 0 Å². The van der Waals surface area contributed by atoms with Crippen molar-refractivity contribution < 1.29 is 0 Å². The van der Waals surface area contributed by atoms with Gasteiger partial charge in [0.05, 0.1) is 0 Å². The van der Waals surface area contributed by atoms with Gasteiger partial charge in [-0.15, -0.1) is 10.2 Å². The molecule has 0 aliphatic carbocycles. The Morgan fingerprint density at radius 1 is 1.25 bits per heavy atom. The van der Waals surface area contributed by atoms with Gasteiger partial charge in [0.25, 0.3) is 0 Å². The zero-order valence-electron chi connectivity index (χ0n) is 9.74. The highest BCUT2D eigenvalue weighted by molar-refractivity contribution is 7.18. The van der Waals surface area contributed by atoms with Crippen molar-refractivity contribution in [3.8, 4) is 10.6 Å². The molecule has 0 saturated carbocycles. The first-order chi connectivity index (χ1) is 7.72. The third-order valence-corrected chi connectivity index (χ3v) is 3.50. The van der Waals surface area contributed by atoms with Crippen LogP contribution in [0.5, 0.6) is 0 Å². The molecule has 2 aromatic rings. The number of aryl methyl sites for hydroxylation is 1. The van der Waals surface area contributed by atoms with Gasteiger partial charge in [0.1, 0.15) is 5.01 Å². The van der Waals surface area contributed by atoms with Crippen molar-refractivity contribution in [3.63, 3.8) is 0 Å². The summed E-state index contributed by atoms with van der Waals surface area (Å²) in [5, 5.41) is 13.4. The minimum Gasteiger partial charge on any atom is -0.360 e. The Morgan fingerprint density at radius 3 is 2.81 bits per heavy atom. The molecule has 16 heavy (non-hydrogen) atoms. The van der Waals surface area contributed by atoms with E-state index in [9.17, 15) is 0 Å². The van der Waals surface area contributed by atoms with Crippen LogP contribution >= 0.6 is 11.3 Å². The van der Waals surface area contributed by atoms with Crippen LogP contribution in [0.2, 0.25) is 0 Å². The average molecular weight is 233 g/mol. The quantitative estimate of drug-likeness (QED) is 0.884. The highest BCUT2D eigenvalue weighted by Crippen LogP contribution is 2.29. The Hall–Kier alpha value is -1.42. The molecule has 0 atom stereocenters. The van der Waals surface area contributed by atoms with Gasteiger partial charge in [-0.1, -0.05) is 29.5 Å². The van der Waals surface area contributed by atoms with Crippen molar-refractivity contribution in [2.75, 3.05) is 11.9 Å². The van der Waals surface area contributed by atoms with Crippen LogP contribution in [0.15, 0.2) is 18.2 Å². The standard InChI is InChI=1S/C12H15N3S/c1-4-13-12-15-14-11(16-12)10-7-5-6-8(2)9(10)3/h5-7H,4H2,1-3H3,(H,13,15). The van der Waals surface area contributed by atoms with Crippen LogP contribution in [0.25, 0.3) is 10.6 Å². The monoisotopic (exact) mass is 233 g/mol. The molecule has 4 heteroatoms. The number of aromatic nitrogens is 2. The van der Waals surface area contributed by atoms with Gasteiger partial charge in [0.2, 0.25) is 5.13 Å². The van der Waals surface area contributed by atoms with E-state index in [2.05, 4.69) is 54.5 Å². The van der Waals surface area contributed by atoms with E-state index in [4.69, 9.17) is 0 Å². The van der Waals surface area contributed by atoms with E-state index in [1.807, 2.05) is 0 Å². The SMILES string of the molecule is CCNc1nnc(-c2cccc(C)c2C)s1. The molecule has 84 valence electrons. The molecule has 2 rings (SSSR count). The number of nitrogens with one attached hydrogen (secondary N) is 1. The van der Waals surface area contributed by atoms with E-state index >= 15 is 0 Å². The smallest absolute Gasteiger partial charge is 0.205 e. The van der Waals surface area contributed by atoms with E-state index in [-0.39, 0.29) is 0 Å². The average Bonchev–Trinajstić information content (AvgIpc) is 2.71. The Balaban J connectivity index is 2.39. The number of hydrogen-bond donors (Lipinski definition) is 1. The summed E-state index contributed by atoms with van der Waals surface area (Å²) < 4.78 is 0. The van der Waals surface area contributed by atoms with Gasteiger partial charge in [-0.25, -0.2) is 0 Å². The second-order valence-electron chi connectivity index (χ2n) is 3.69. The highest BCUT2D eigenvalue weighted by atomic mass is 32.1. The minimum absolute atomic E-state index is 0.876. The van der Waals surface area contributed by atoms with Gasteiger partial charge in [0.15, 0.2) is 0 Å². The third-order valence-electron chi connectivity index (χ3n) is 2.59. The molecule has 0 radical (unpaired) electrons. The lowest BCUT2D eigenvalue weighted by Crippen LogP contribution is -1.94. The number of rotatable bonds is 3. The molecular weight excluding hydrogens is 218 g/mol. The predicted molar refractivity (Wildman–Crippen MR) is 69.0 cm³/mol. The van der Waals surface area contributed by atoms with E-state index in [0.29, 0.717) is 0 Å². The van der Waals surface area contributed by atoms with Crippen molar-refractivity contribution >= 4 is 16.5 Å². The first-order valence-corrected chi connectivity index (χ1v) is 6.18. The molecule has 1 heterocycles. The lowest BCUT2D eigenvalue weighted by atomic mass is 10.0. The summed E-state index contributed by atoms with van der Waals surface area (Å²) in [5.41, 5.74) is 3.75. The summed E-state index contributed by atoms with van der Waals surface area (Å²) in [6.07, 6.45) is 0. The molecule has 0 amide bonds. The highest BCUT2D eigenvalue weighted by Gasteiger charge is 2.09. The first-order valence-electron chi connectivity index (χ1n) is 5.36. The molecule has 0 saturated heterocycles. The fraction of sp³-hybridized carbons (Fsp3) is 0.333. The molecular formula is C12H15N3S. The van der Waals surface area contributed by atoms with Crippen LogP contribution in [-0.4, -0.2) is 16.7 Å². The van der Waals surface area contributed by atoms with Crippen molar-refractivity contribution in [1.82, 2.24) is 10.2 Å². The summed E-state index contributed by atoms with van der Waals surface area (Å²) in [6.45, 7) is 7.17. The lowest BCUT2D eigenvalue weighted by Gasteiger charge is -2.04.